The standard InChI is InChI=1S/C17H18FNO2/c1-20-17-5-3-15(18)8-14(17)11-21-16-4-2-12-6-7-19-10-13(12)9-16/h2-5,8-9,19H,6-7,10-11H2,1H3. The number of hydrogen-bond donors (Lipinski definition) is 1. The fourth-order valence-corrected chi connectivity index (χ4v) is 2.57. The minimum absolute atomic E-state index is 0.285. The van der Waals surface area contributed by atoms with Gasteiger partial charge >= 0.3 is 0 Å². The Morgan fingerprint density at radius 3 is 2.90 bits per heavy atom. The van der Waals surface area contributed by atoms with E-state index in [0.717, 1.165) is 25.3 Å². The lowest BCUT2D eigenvalue weighted by molar-refractivity contribution is 0.295. The van der Waals surface area contributed by atoms with Crippen LogP contribution < -0.4 is 14.8 Å². The summed E-state index contributed by atoms with van der Waals surface area (Å²) in [6, 6.07) is 10.6. The lowest BCUT2D eigenvalue weighted by atomic mass is 10.0. The predicted octanol–water partition coefficient (Wildman–Crippen LogP) is 3.06. The van der Waals surface area contributed by atoms with Crippen molar-refractivity contribution in [3.8, 4) is 11.5 Å². The Labute approximate surface area is 123 Å². The molecule has 1 N–H and O–H groups in total. The first-order valence-electron chi connectivity index (χ1n) is 7.04. The average Bonchev–Trinajstić information content (AvgIpc) is 2.53. The molecule has 1 heterocycles. The highest BCUT2D eigenvalue weighted by Gasteiger charge is 2.10. The molecule has 0 spiro atoms. The topological polar surface area (TPSA) is 30.5 Å². The van der Waals surface area contributed by atoms with Gasteiger partial charge in [-0.1, -0.05) is 6.07 Å². The van der Waals surface area contributed by atoms with Gasteiger partial charge in [0.1, 0.15) is 23.9 Å². The van der Waals surface area contributed by atoms with E-state index in [2.05, 4.69) is 11.4 Å². The minimum Gasteiger partial charge on any atom is -0.496 e. The lowest BCUT2D eigenvalue weighted by Crippen LogP contribution is -2.23. The van der Waals surface area contributed by atoms with Crippen LogP contribution in [0.25, 0.3) is 0 Å². The van der Waals surface area contributed by atoms with Gasteiger partial charge < -0.3 is 14.8 Å². The SMILES string of the molecule is COc1ccc(F)cc1COc1ccc2c(c1)CNCC2. The van der Waals surface area contributed by atoms with Crippen molar-refractivity contribution in [1.29, 1.82) is 0 Å². The molecule has 2 aromatic rings. The highest BCUT2D eigenvalue weighted by Crippen LogP contribution is 2.24. The van der Waals surface area contributed by atoms with Gasteiger partial charge in [-0.3, -0.25) is 0 Å². The third-order valence-corrected chi connectivity index (χ3v) is 3.70. The van der Waals surface area contributed by atoms with Crippen LogP contribution in [0.5, 0.6) is 11.5 Å². The summed E-state index contributed by atoms with van der Waals surface area (Å²) in [6.07, 6.45) is 1.05. The number of rotatable bonds is 4. The second-order valence-electron chi connectivity index (χ2n) is 5.10. The van der Waals surface area contributed by atoms with Crippen LogP contribution in [0.1, 0.15) is 16.7 Å². The van der Waals surface area contributed by atoms with Crippen molar-refractivity contribution in [1.82, 2.24) is 5.32 Å². The maximum atomic E-state index is 13.3. The Bertz CT molecular complexity index is 643. The fraction of sp³-hybridized carbons (Fsp3) is 0.294. The van der Waals surface area contributed by atoms with Crippen molar-refractivity contribution in [3.05, 3.63) is 58.9 Å². The summed E-state index contributed by atoms with van der Waals surface area (Å²) >= 11 is 0. The fourth-order valence-electron chi connectivity index (χ4n) is 2.57. The maximum Gasteiger partial charge on any atom is 0.125 e. The Hall–Kier alpha value is -2.07. The van der Waals surface area contributed by atoms with E-state index in [1.54, 1.807) is 13.2 Å². The molecule has 0 unspecified atom stereocenters. The molecule has 3 rings (SSSR count). The third-order valence-electron chi connectivity index (χ3n) is 3.70. The van der Waals surface area contributed by atoms with Gasteiger partial charge in [-0.15, -0.1) is 0 Å². The number of ether oxygens (including phenoxy) is 2. The smallest absolute Gasteiger partial charge is 0.125 e. The quantitative estimate of drug-likeness (QED) is 0.937. The van der Waals surface area contributed by atoms with Crippen LogP contribution in [0.2, 0.25) is 0 Å². The Morgan fingerprint density at radius 1 is 1.14 bits per heavy atom. The van der Waals surface area contributed by atoms with Crippen LogP contribution in [0.4, 0.5) is 4.39 Å². The summed E-state index contributed by atoms with van der Waals surface area (Å²) < 4.78 is 24.3. The maximum absolute atomic E-state index is 13.3. The number of nitrogens with one attached hydrogen (secondary N) is 1. The molecule has 0 saturated heterocycles. The zero-order valence-corrected chi connectivity index (χ0v) is 12.0. The van der Waals surface area contributed by atoms with Gasteiger partial charge in [0.25, 0.3) is 0 Å². The molecular weight excluding hydrogens is 269 g/mol. The molecule has 0 saturated carbocycles. The monoisotopic (exact) mass is 287 g/mol. The van der Waals surface area contributed by atoms with Crippen molar-refractivity contribution in [2.24, 2.45) is 0 Å². The van der Waals surface area contributed by atoms with Gasteiger partial charge in [-0.25, -0.2) is 4.39 Å². The summed E-state index contributed by atoms with van der Waals surface area (Å²) in [6.45, 7) is 2.18. The second-order valence-corrected chi connectivity index (χ2v) is 5.10. The van der Waals surface area contributed by atoms with Gasteiger partial charge in [0.15, 0.2) is 0 Å². The van der Waals surface area contributed by atoms with Gasteiger partial charge in [0, 0.05) is 12.1 Å². The first-order chi connectivity index (χ1) is 10.3. The summed E-state index contributed by atoms with van der Waals surface area (Å²) in [7, 11) is 1.57. The van der Waals surface area contributed by atoms with Crippen molar-refractivity contribution in [3.63, 3.8) is 0 Å². The van der Waals surface area contributed by atoms with E-state index in [4.69, 9.17) is 9.47 Å². The molecule has 1 aliphatic rings. The molecule has 0 aliphatic carbocycles. The molecule has 0 aromatic heterocycles. The molecule has 2 aromatic carbocycles. The molecule has 21 heavy (non-hydrogen) atoms. The van der Waals surface area contributed by atoms with Gasteiger partial charge in [0.05, 0.1) is 7.11 Å². The molecule has 0 amide bonds. The lowest BCUT2D eigenvalue weighted by Gasteiger charge is -2.18. The van der Waals surface area contributed by atoms with E-state index in [-0.39, 0.29) is 12.4 Å². The highest BCUT2D eigenvalue weighted by molar-refractivity contribution is 5.38. The van der Waals surface area contributed by atoms with E-state index >= 15 is 0 Å². The minimum atomic E-state index is -0.288. The summed E-state index contributed by atoms with van der Waals surface area (Å²) in [5, 5.41) is 3.34. The Morgan fingerprint density at radius 2 is 2.05 bits per heavy atom. The van der Waals surface area contributed by atoms with Gasteiger partial charge in [-0.05, 0) is 54.4 Å². The first kappa shape index (κ1) is 13.9. The number of methoxy groups -OCH3 is 1. The van der Waals surface area contributed by atoms with Crippen LogP contribution >= 0.6 is 0 Å². The van der Waals surface area contributed by atoms with Crippen molar-refractivity contribution in [2.45, 2.75) is 19.6 Å². The second kappa shape index (κ2) is 6.14. The predicted molar refractivity (Wildman–Crippen MR) is 79.1 cm³/mol. The Balaban J connectivity index is 1.74. The summed E-state index contributed by atoms with van der Waals surface area (Å²) in [5.74, 6) is 1.14. The summed E-state index contributed by atoms with van der Waals surface area (Å²) in [5.41, 5.74) is 3.34. The molecule has 4 heteroatoms. The molecule has 0 bridgehead atoms. The van der Waals surface area contributed by atoms with Crippen molar-refractivity contribution in [2.75, 3.05) is 13.7 Å². The van der Waals surface area contributed by atoms with Crippen molar-refractivity contribution >= 4 is 0 Å². The van der Waals surface area contributed by atoms with Crippen molar-refractivity contribution < 1.29 is 13.9 Å². The number of halogens is 1. The van der Waals surface area contributed by atoms with Crippen LogP contribution in [0, 0.1) is 5.82 Å². The molecule has 1 aliphatic heterocycles. The largest absolute Gasteiger partial charge is 0.496 e. The van der Waals surface area contributed by atoms with E-state index in [1.165, 1.54) is 23.3 Å². The third kappa shape index (κ3) is 3.16. The number of benzene rings is 2. The van der Waals surface area contributed by atoms with E-state index in [9.17, 15) is 4.39 Å². The van der Waals surface area contributed by atoms with E-state index in [1.807, 2.05) is 12.1 Å². The van der Waals surface area contributed by atoms with Gasteiger partial charge in [-0.2, -0.15) is 0 Å². The summed E-state index contributed by atoms with van der Waals surface area (Å²) in [4.78, 5) is 0. The molecule has 3 nitrogen and oxygen atoms in total. The number of fused-ring (bicyclic) bond motifs is 1. The molecule has 110 valence electrons. The normalized spacial score (nSPS) is 13.6. The average molecular weight is 287 g/mol. The number of hydrogen-bond acceptors (Lipinski definition) is 3. The van der Waals surface area contributed by atoms with Crippen LogP contribution in [-0.2, 0) is 19.6 Å². The molecule has 0 fully saturated rings. The molecular formula is C17H18FNO2. The first-order valence-corrected chi connectivity index (χ1v) is 7.04. The zero-order valence-electron chi connectivity index (χ0n) is 12.0. The molecule has 0 atom stereocenters. The van der Waals surface area contributed by atoms with Crippen LogP contribution in [0.3, 0.4) is 0 Å². The van der Waals surface area contributed by atoms with E-state index in [0.29, 0.717) is 11.3 Å². The van der Waals surface area contributed by atoms with Crippen LogP contribution in [0.15, 0.2) is 36.4 Å². The molecule has 0 radical (unpaired) electrons. The van der Waals surface area contributed by atoms with E-state index < -0.39 is 0 Å². The van der Waals surface area contributed by atoms with Gasteiger partial charge in [0.2, 0.25) is 0 Å². The highest BCUT2D eigenvalue weighted by atomic mass is 19.1. The zero-order chi connectivity index (χ0) is 14.7. The van der Waals surface area contributed by atoms with Crippen LogP contribution in [-0.4, -0.2) is 13.7 Å². The Kier molecular flexibility index (Phi) is 4.06.